The van der Waals surface area contributed by atoms with Gasteiger partial charge in [0, 0.05) is 12.5 Å². The van der Waals surface area contributed by atoms with Gasteiger partial charge in [-0.25, -0.2) is 4.79 Å². The second kappa shape index (κ2) is 10.1. The number of nitrogens with one attached hydrogen (secondary N) is 2. The van der Waals surface area contributed by atoms with Crippen molar-refractivity contribution in [3.63, 3.8) is 0 Å². The Balaban J connectivity index is 0. The molecule has 0 bridgehead atoms. The first-order valence-electron chi connectivity index (χ1n) is 5.95. The molecule has 0 aliphatic heterocycles. The summed E-state index contributed by atoms with van der Waals surface area (Å²) >= 11 is 0. The van der Waals surface area contributed by atoms with Crippen LogP contribution >= 0.6 is 12.4 Å². The topological polar surface area (TPSA) is 67.4 Å². The van der Waals surface area contributed by atoms with Gasteiger partial charge >= 0.3 is 5.97 Å². The zero-order valence-electron chi connectivity index (χ0n) is 11.8. The van der Waals surface area contributed by atoms with Gasteiger partial charge < -0.3 is 15.4 Å². The molecular formula is C12H25ClN2O3. The van der Waals surface area contributed by atoms with Gasteiger partial charge in [0.15, 0.2) is 0 Å². The largest absolute Gasteiger partial charge is 0.467 e. The van der Waals surface area contributed by atoms with Crippen LogP contribution in [0.25, 0.3) is 0 Å². The number of carbonyl (C=O) groups is 2. The summed E-state index contributed by atoms with van der Waals surface area (Å²) in [4.78, 5) is 23.3. The number of rotatable bonds is 7. The Morgan fingerprint density at radius 1 is 1.22 bits per heavy atom. The van der Waals surface area contributed by atoms with Crippen LogP contribution in [-0.4, -0.2) is 38.6 Å². The lowest BCUT2D eigenvalue weighted by Gasteiger charge is -2.20. The van der Waals surface area contributed by atoms with Crippen LogP contribution in [0.15, 0.2) is 0 Å². The maximum Gasteiger partial charge on any atom is 0.328 e. The zero-order valence-corrected chi connectivity index (χ0v) is 12.6. The molecule has 2 atom stereocenters. The minimum absolute atomic E-state index is 0. The highest BCUT2D eigenvalue weighted by atomic mass is 35.5. The number of ether oxygens (including phenoxy) is 1. The van der Waals surface area contributed by atoms with E-state index >= 15 is 0 Å². The summed E-state index contributed by atoms with van der Waals surface area (Å²) < 4.78 is 4.68. The van der Waals surface area contributed by atoms with Gasteiger partial charge in [0.25, 0.3) is 0 Å². The van der Waals surface area contributed by atoms with E-state index in [0.717, 1.165) is 0 Å². The zero-order chi connectivity index (χ0) is 13.4. The first-order valence-corrected chi connectivity index (χ1v) is 5.95. The molecule has 0 saturated heterocycles. The van der Waals surface area contributed by atoms with Gasteiger partial charge in [0.2, 0.25) is 5.91 Å². The van der Waals surface area contributed by atoms with E-state index < -0.39 is 6.04 Å². The van der Waals surface area contributed by atoms with E-state index in [1.807, 2.05) is 20.8 Å². The Morgan fingerprint density at radius 2 is 1.78 bits per heavy atom. The SMILES string of the molecule is CNCC(C)C(=O)NC(CC(C)C)C(=O)OC.Cl. The van der Waals surface area contributed by atoms with E-state index in [0.29, 0.717) is 18.9 Å². The summed E-state index contributed by atoms with van der Waals surface area (Å²) in [6.45, 7) is 6.40. The Labute approximate surface area is 115 Å². The van der Waals surface area contributed by atoms with E-state index in [9.17, 15) is 9.59 Å². The molecule has 0 radical (unpaired) electrons. The Morgan fingerprint density at radius 3 is 2.17 bits per heavy atom. The van der Waals surface area contributed by atoms with Gasteiger partial charge in [0.05, 0.1) is 7.11 Å². The van der Waals surface area contributed by atoms with Crippen molar-refractivity contribution < 1.29 is 14.3 Å². The molecule has 0 aliphatic carbocycles. The van der Waals surface area contributed by atoms with Crippen molar-refractivity contribution in [3.8, 4) is 0 Å². The summed E-state index contributed by atoms with van der Waals surface area (Å²) in [5.74, 6) is -0.363. The molecule has 0 fully saturated rings. The van der Waals surface area contributed by atoms with Gasteiger partial charge in [-0.05, 0) is 19.4 Å². The molecule has 0 rings (SSSR count). The molecule has 6 heteroatoms. The fraction of sp³-hybridized carbons (Fsp3) is 0.833. The van der Waals surface area contributed by atoms with Gasteiger partial charge in [0.1, 0.15) is 6.04 Å². The molecule has 2 unspecified atom stereocenters. The normalized spacial score (nSPS) is 13.4. The molecular weight excluding hydrogens is 256 g/mol. The predicted octanol–water partition coefficient (Wildman–Crippen LogP) is 0.968. The summed E-state index contributed by atoms with van der Waals surface area (Å²) in [5.41, 5.74) is 0. The molecule has 0 aliphatic rings. The Bertz CT molecular complexity index is 260. The van der Waals surface area contributed by atoms with E-state index in [1.54, 1.807) is 7.05 Å². The molecule has 1 amide bonds. The molecule has 0 saturated carbocycles. The lowest BCUT2D eigenvalue weighted by atomic mass is 10.0. The van der Waals surface area contributed by atoms with Crippen molar-refractivity contribution >= 4 is 24.3 Å². The predicted molar refractivity (Wildman–Crippen MR) is 73.7 cm³/mol. The molecule has 0 heterocycles. The van der Waals surface area contributed by atoms with Crippen LogP contribution in [0.4, 0.5) is 0 Å². The third-order valence-corrected chi connectivity index (χ3v) is 2.47. The molecule has 18 heavy (non-hydrogen) atoms. The van der Waals surface area contributed by atoms with Gasteiger partial charge in [-0.2, -0.15) is 0 Å². The average Bonchev–Trinajstić information content (AvgIpc) is 2.26. The van der Waals surface area contributed by atoms with Gasteiger partial charge in [-0.15, -0.1) is 12.4 Å². The maximum absolute atomic E-state index is 11.8. The highest BCUT2D eigenvalue weighted by Crippen LogP contribution is 2.07. The standard InChI is InChI=1S/C12H24N2O3.ClH/c1-8(2)6-10(12(16)17-5)14-11(15)9(3)7-13-4;/h8-10,13H,6-7H2,1-5H3,(H,14,15);1H. The third kappa shape index (κ3) is 7.50. The maximum atomic E-state index is 11.8. The first-order chi connectivity index (χ1) is 7.92. The quantitative estimate of drug-likeness (QED) is 0.682. The number of hydrogen-bond donors (Lipinski definition) is 2. The van der Waals surface area contributed by atoms with E-state index in [4.69, 9.17) is 0 Å². The van der Waals surface area contributed by atoms with Gasteiger partial charge in [-0.3, -0.25) is 4.79 Å². The Hall–Kier alpha value is -0.810. The summed E-state index contributed by atoms with van der Waals surface area (Å²) in [7, 11) is 3.12. The number of hydrogen-bond acceptors (Lipinski definition) is 4. The van der Waals surface area contributed by atoms with Crippen molar-refractivity contribution in [2.75, 3.05) is 20.7 Å². The minimum atomic E-state index is -0.549. The highest BCUT2D eigenvalue weighted by Gasteiger charge is 2.24. The molecule has 5 nitrogen and oxygen atoms in total. The summed E-state index contributed by atoms with van der Waals surface area (Å²) in [6.07, 6.45) is 0.588. The van der Waals surface area contributed by atoms with Crippen LogP contribution < -0.4 is 10.6 Å². The third-order valence-electron chi connectivity index (χ3n) is 2.47. The van der Waals surface area contributed by atoms with Crippen LogP contribution in [0.1, 0.15) is 27.2 Å². The fourth-order valence-electron chi connectivity index (χ4n) is 1.54. The first kappa shape index (κ1) is 19.5. The second-order valence-electron chi connectivity index (χ2n) is 4.67. The van der Waals surface area contributed by atoms with Crippen LogP contribution in [-0.2, 0) is 14.3 Å². The number of amides is 1. The molecule has 0 aromatic heterocycles. The molecule has 2 N–H and O–H groups in total. The molecule has 108 valence electrons. The van der Waals surface area contributed by atoms with Crippen LogP contribution in [0.3, 0.4) is 0 Å². The molecule has 0 aromatic carbocycles. The van der Waals surface area contributed by atoms with E-state index in [-0.39, 0.29) is 30.2 Å². The smallest absolute Gasteiger partial charge is 0.328 e. The monoisotopic (exact) mass is 280 g/mol. The minimum Gasteiger partial charge on any atom is -0.467 e. The number of halogens is 1. The van der Waals surface area contributed by atoms with E-state index in [1.165, 1.54) is 7.11 Å². The number of carbonyl (C=O) groups excluding carboxylic acids is 2. The van der Waals surface area contributed by atoms with Crippen molar-refractivity contribution in [2.45, 2.75) is 33.2 Å². The second-order valence-corrected chi connectivity index (χ2v) is 4.67. The average molecular weight is 281 g/mol. The van der Waals surface area contributed by atoms with E-state index in [2.05, 4.69) is 15.4 Å². The lowest BCUT2D eigenvalue weighted by Crippen LogP contribution is -2.45. The van der Waals surface area contributed by atoms with Crippen molar-refractivity contribution in [3.05, 3.63) is 0 Å². The molecule has 0 aromatic rings. The number of methoxy groups -OCH3 is 1. The van der Waals surface area contributed by atoms with Crippen LogP contribution in [0.2, 0.25) is 0 Å². The van der Waals surface area contributed by atoms with Crippen LogP contribution in [0.5, 0.6) is 0 Å². The van der Waals surface area contributed by atoms with Crippen molar-refractivity contribution in [2.24, 2.45) is 11.8 Å². The summed E-state index contributed by atoms with van der Waals surface area (Å²) in [6, 6.07) is -0.549. The van der Waals surface area contributed by atoms with Crippen LogP contribution in [0, 0.1) is 11.8 Å². The Kier molecular flexibility index (Phi) is 11.0. The highest BCUT2D eigenvalue weighted by molar-refractivity contribution is 5.86. The summed E-state index contributed by atoms with van der Waals surface area (Å²) in [5, 5.41) is 5.66. The fourth-order valence-corrected chi connectivity index (χ4v) is 1.54. The number of esters is 1. The lowest BCUT2D eigenvalue weighted by molar-refractivity contribution is -0.146. The molecule has 0 spiro atoms. The van der Waals surface area contributed by atoms with Crippen molar-refractivity contribution in [1.29, 1.82) is 0 Å². The van der Waals surface area contributed by atoms with Gasteiger partial charge in [-0.1, -0.05) is 20.8 Å². The van der Waals surface area contributed by atoms with Crippen molar-refractivity contribution in [1.82, 2.24) is 10.6 Å².